The summed E-state index contributed by atoms with van der Waals surface area (Å²) in [6, 6.07) is 16.9. The number of nitrogens with zero attached hydrogens (tertiary/aromatic N) is 2. The van der Waals surface area contributed by atoms with E-state index in [0.29, 0.717) is 0 Å². The minimum absolute atomic E-state index is 0.991. The Morgan fingerprint density at radius 2 is 1.83 bits per heavy atom. The summed E-state index contributed by atoms with van der Waals surface area (Å²) in [7, 11) is 2.14. The molecule has 2 nitrogen and oxygen atoms in total. The van der Waals surface area contributed by atoms with Gasteiger partial charge in [0.15, 0.2) is 0 Å². The molecule has 0 bridgehead atoms. The molecule has 0 radical (unpaired) electrons. The molecule has 0 spiro atoms. The number of fused-ring (bicyclic) bond motifs is 1. The van der Waals surface area contributed by atoms with Crippen LogP contribution in [0.15, 0.2) is 54.7 Å². The normalized spacial score (nSPS) is 10.9. The first-order chi connectivity index (χ1) is 8.84. The predicted molar refractivity (Wildman–Crippen MR) is 74.6 cm³/mol. The maximum Gasteiger partial charge on any atom is 0.0479 e. The molecular weight excluding hydrogens is 220 g/mol. The van der Waals surface area contributed by atoms with Gasteiger partial charge in [0.05, 0.1) is 0 Å². The molecule has 3 rings (SSSR count). The Bertz CT molecular complexity index is 653. The van der Waals surface area contributed by atoms with Crippen molar-refractivity contribution in [1.29, 1.82) is 0 Å². The van der Waals surface area contributed by atoms with Crippen molar-refractivity contribution in [3.8, 4) is 0 Å². The van der Waals surface area contributed by atoms with Gasteiger partial charge in [-0.2, -0.15) is 0 Å². The molecule has 0 saturated carbocycles. The van der Waals surface area contributed by atoms with E-state index < -0.39 is 0 Å². The zero-order valence-electron chi connectivity index (χ0n) is 10.5. The fourth-order valence-electron chi connectivity index (χ4n) is 2.39. The van der Waals surface area contributed by atoms with Gasteiger partial charge in [-0.1, -0.05) is 24.3 Å². The molecule has 0 fully saturated rings. The smallest absolute Gasteiger partial charge is 0.0479 e. The first kappa shape index (κ1) is 11.0. The molecule has 2 aromatic heterocycles. The monoisotopic (exact) mass is 236 g/mol. The van der Waals surface area contributed by atoms with Crippen molar-refractivity contribution < 1.29 is 0 Å². The lowest BCUT2D eigenvalue weighted by Crippen LogP contribution is -1.99. The summed E-state index contributed by atoms with van der Waals surface area (Å²) in [6.45, 7) is 0. The Hall–Kier alpha value is -2.09. The second-order valence-electron chi connectivity index (χ2n) is 4.57. The molecule has 0 aliphatic carbocycles. The van der Waals surface area contributed by atoms with Crippen LogP contribution in [0.2, 0.25) is 0 Å². The van der Waals surface area contributed by atoms with Gasteiger partial charge in [0, 0.05) is 30.1 Å². The van der Waals surface area contributed by atoms with Crippen LogP contribution in [-0.4, -0.2) is 9.55 Å². The van der Waals surface area contributed by atoms with Crippen LogP contribution in [-0.2, 0) is 19.9 Å². The summed E-state index contributed by atoms with van der Waals surface area (Å²) < 4.78 is 2.28. The average Bonchev–Trinajstić information content (AvgIpc) is 2.75. The van der Waals surface area contributed by atoms with Crippen molar-refractivity contribution in [2.75, 3.05) is 0 Å². The zero-order chi connectivity index (χ0) is 12.4. The molecule has 1 aromatic carbocycles. The first-order valence-electron chi connectivity index (χ1n) is 6.28. The highest BCUT2D eigenvalue weighted by Crippen LogP contribution is 2.19. The summed E-state index contributed by atoms with van der Waals surface area (Å²) >= 11 is 0. The summed E-state index contributed by atoms with van der Waals surface area (Å²) in [4.78, 5) is 4.37. The lowest BCUT2D eigenvalue weighted by molar-refractivity contribution is 0.807. The largest absolute Gasteiger partial charge is 0.348 e. The van der Waals surface area contributed by atoms with E-state index in [-0.39, 0.29) is 0 Å². The second kappa shape index (κ2) is 4.65. The summed E-state index contributed by atoms with van der Waals surface area (Å²) in [6.07, 6.45) is 3.88. The minimum atomic E-state index is 0.991. The van der Waals surface area contributed by atoms with Crippen LogP contribution >= 0.6 is 0 Å². The van der Waals surface area contributed by atoms with Gasteiger partial charge in [-0.3, -0.25) is 4.98 Å². The van der Waals surface area contributed by atoms with Crippen molar-refractivity contribution in [2.24, 2.45) is 7.05 Å². The molecule has 0 unspecified atom stereocenters. The Morgan fingerprint density at radius 3 is 2.61 bits per heavy atom. The van der Waals surface area contributed by atoms with E-state index >= 15 is 0 Å². The quantitative estimate of drug-likeness (QED) is 0.682. The molecule has 18 heavy (non-hydrogen) atoms. The molecule has 3 aromatic rings. The molecule has 0 atom stereocenters. The van der Waals surface area contributed by atoms with Gasteiger partial charge in [0.25, 0.3) is 0 Å². The number of pyridine rings is 1. The number of para-hydroxylation sites is 1. The second-order valence-corrected chi connectivity index (χ2v) is 4.57. The van der Waals surface area contributed by atoms with Gasteiger partial charge in [-0.05, 0) is 42.5 Å². The predicted octanol–water partition coefficient (Wildman–Crippen LogP) is 3.36. The van der Waals surface area contributed by atoms with Crippen LogP contribution in [0.25, 0.3) is 10.9 Å². The Balaban J connectivity index is 1.85. The Morgan fingerprint density at radius 1 is 1.00 bits per heavy atom. The van der Waals surface area contributed by atoms with E-state index in [2.05, 4.69) is 53.0 Å². The lowest BCUT2D eigenvalue weighted by Gasteiger charge is -2.04. The van der Waals surface area contributed by atoms with Crippen molar-refractivity contribution in [3.63, 3.8) is 0 Å². The molecule has 2 heterocycles. The van der Waals surface area contributed by atoms with E-state index in [4.69, 9.17) is 0 Å². The third-order valence-electron chi connectivity index (χ3n) is 3.41. The maximum atomic E-state index is 4.37. The third-order valence-corrected chi connectivity index (χ3v) is 3.41. The minimum Gasteiger partial charge on any atom is -0.348 e. The average molecular weight is 236 g/mol. The number of aryl methyl sites for hydroxylation is 3. The number of benzene rings is 1. The van der Waals surface area contributed by atoms with Gasteiger partial charge in [0.2, 0.25) is 0 Å². The van der Waals surface area contributed by atoms with Crippen LogP contribution in [0, 0.1) is 0 Å². The number of hydrogen-bond acceptors (Lipinski definition) is 1. The van der Waals surface area contributed by atoms with Crippen molar-refractivity contribution in [2.45, 2.75) is 12.8 Å². The fraction of sp³-hybridized carbons (Fsp3) is 0.188. The van der Waals surface area contributed by atoms with Gasteiger partial charge < -0.3 is 4.57 Å². The van der Waals surface area contributed by atoms with Gasteiger partial charge >= 0.3 is 0 Å². The van der Waals surface area contributed by atoms with Crippen molar-refractivity contribution >= 4 is 10.9 Å². The summed E-state index contributed by atoms with van der Waals surface area (Å²) in [5.41, 5.74) is 3.82. The van der Waals surface area contributed by atoms with E-state index in [0.717, 1.165) is 18.5 Å². The molecule has 0 N–H and O–H groups in total. The fourth-order valence-corrected chi connectivity index (χ4v) is 2.39. The zero-order valence-corrected chi connectivity index (χ0v) is 10.5. The Labute approximate surface area is 107 Å². The van der Waals surface area contributed by atoms with Crippen LogP contribution in [0.5, 0.6) is 0 Å². The van der Waals surface area contributed by atoms with Crippen LogP contribution < -0.4 is 0 Å². The standard InChI is InChI=1S/C16H16N2/c1-18-15(10-9-14-7-4-5-11-17-14)12-13-6-2-3-8-16(13)18/h2-8,11-12H,9-10H2,1H3. The van der Waals surface area contributed by atoms with Gasteiger partial charge in [-0.15, -0.1) is 0 Å². The SMILES string of the molecule is Cn1c(CCc2ccccn2)cc2ccccc21. The van der Waals surface area contributed by atoms with Crippen molar-refractivity contribution in [1.82, 2.24) is 9.55 Å². The number of rotatable bonds is 3. The van der Waals surface area contributed by atoms with Crippen LogP contribution in [0.4, 0.5) is 0 Å². The van der Waals surface area contributed by atoms with E-state index in [1.807, 2.05) is 18.3 Å². The highest BCUT2D eigenvalue weighted by Gasteiger charge is 2.05. The van der Waals surface area contributed by atoms with E-state index in [9.17, 15) is 0 Å². The summed E-state index contributed by atoms with van der Waals surface area (Å²) in [5, 5.41) is 1.32. The van der Waals surface area contributed by atoms with Gasteiger partial charge in [0.1, 0.15) is 0 Å². The molecule has 0 aliphatic rings. The number of hydrogen-bond donors (Lipinski definition) is 0. The van der Waals surface area contributed by atoms with E-state index in [1.54, 1.807) is 0 Å². The third kappa shape index (κ3) is 2.02. The molecular formula is C16H16N2. The van der Waals surface area contributed by atoms with Crippen LogP contribution in [0.3, 0.4) is 0 Å². The maximum absolute atomic E-state index is 4.37. The van der Waals surface area contributed by atoms with Gasteiger partial charge in [-0.25, -0.2) is 0 Å². The lowest BCUT2D eigenvalue weighted by atomic mass is 10.1. The molecule has 0 aliphatic heterocycles. The first-order valence-corrected chi connectivity index (χ1v) is 6.28. The highest BCUT2D eigenvalue weighted by atomic mass is 14.9. The molecule has 0 amide bonds. The van der Waals surface area contributed by atoms with Crippen LogP contribution in [0.1, 0.15) is 11.4 Å². The number of aromatic nitrogens is 2. The summed E-state index contributed by atoms with van der Waals surface area (Å²) in [5.74, 6) is 0. The topological polar surface area (TPSA) is 17.8 Å². The molecule has 90 valence electrons. The molecule has 0 saturated heterocycles. The van der Waals surface area contributed by atoms with Crippen molar-refractivity contribution in [3.05, 3.63) is 66.1 Å². The molecule has 2 heteroatoms. The highest BCUT2D eigenvalue weighted by molar-refractivity contribution is 5.81. The van der Waals surface area contributed by atoms with E-state index in [1.165, 1.54) is 16.6 Å². The Kier molecular flexibility index (Phi) is 2.85.